The van der Waals surface area contributed by atoms with Gasteiger partial charge >= 0.3 is 0 Å². The second kappa shape index (κ2) is 12.4. The lowest BCUT2D eigenvalue weighted by Gasteiger charge is -2.31. The predicted molar refractivity (Wildman–Crippen MR) is 128 cm³/mol. The Morgan fingerprint density at radius 1 is 0.970 bits per heavy atom. The lowest BCUT2D eigenvalue weighted by molar-refractivity contribution is -0.141. The van der Waals surface area contributed by atoms with E-state index in [1.54, 1.807) is 24.4 Å². The van der Waals surface area contributed by atoms with Crippen molar-refractivity contribution in [2.45, 2.75) is 45.3 Å². The fourth-order valence-corrected chi connectivity index (χ4v) is 3.65. The SMILES string of the molecule is CCCC(=O)N(Cc1ccc(OC)cc1)[C@H](Cc1ccccc1)C(=O)NCc1cccnc1. The number of hydrogen-bond acceptors (Lipinski definition) is 4. The van der Waals surface area contributed by atoms with Gasteiger partial charge in [0.25, 0.3) is 0 Å². The van der Waals surface area contributed by atoms with Crippen molar-refractivity contribution in [2.75, 3.05) is 7.11 Å². The number of nitrogens with one attached hydrogen (secondary N) is 1. The van der Waals surface area contributed by atoms with Crippen LogP contribution in [-0.4, -0.2) is 34.8 Å². The molecule has 3 rings (SSSR count). The highest BCUT2D eigenvalue weighted by Crippen LogP contribution is 2.18. The van der Waals surface area contributed by atoms with Crippen molar-refractivity contribution < 1.29 is 14.3 Å². The smallest absolute Gasteiger partial charge is 0.243 e. The Morgan fingerprint density at radius 3 is 2.33 bits per heavy atom. The fourth-order valence-electron chi connectivity index (χ4n) is 3.65. The Kier molecular flexibility index (Phi) is 9.00. The van der Waals surface area contributed by atoms with Crippen LogP contribution in [0.25, 0.3) is 0 Å². The first kappa shape index (κ1) is 24.0. The topological polar surface area (TPSA) is 71.5 Å². The summed E-state index contributed by atoms with van der Waals surface area (Å²) in [6, 6.07) is 20.5. The molecule has 33 heavy (non-hydrogen) atoms. The van der Waals surface area contributed by atoms with E-state index in [1.165, 1.54) is 0 Å². The number of carbonyl (C=O) groups is 2. The van der Waals surface area contributed by atoms with E-state index < -0.39 is 6.04 Å². The second-order valence-corrected chi connectivity index (χ2v) is 7.90. The molecule has 6 heteroatoms. The van der Waals surface area contributed by atoms with Crippen LogP contribution < -0.4 is 10.1 Å². The molecule has 0 bridgehead atoms. The molecule has 2 aromatic carbocycles. The number of hydrogen-bond donors (Lipinski definition) is 1. The summed E-state index contributed by atoms with van der Waals surface area (Å²) in [4.78, 5) is 32.4. The molecule has 1 atom stereocenters. The Balaban J connectivity index is 1.87. The van der Waals surface area contributed by atoms with Crippen molar-refractivity contribution in [3.05, 3.63) is 95.8 Å². The second-order valence-electron chi connectivity index (χ2n) is 7.90. The van der Waals surface area contributed by atoms with Gasteiger partial charge in [0, 0.05) is 38.3 Å². The van der Waals surface area contributed by atoms with Crippen molar-refractivity contribution in [3.8, 4) is 5.75 Å². The molecule has 3 aromatic rings. The van der Waals surface area contributed by atoms with Crippen LogP contribution in [0.3, 0.4) is 0 Å². The molecule has 0 saturated carbocycles. The molecule has 6 nitrogen and oxygen atoms in total. The number of aromatic nitrogens is 1. The summed E-state index contributed by atoms with van der Waals surface area (Å²) in [6.45, 7) is 2.68. The van der Waals surface area contributed by atoms with Crippen LogP contribution in [0.15, 0.2) is 79.1 Å². The van der Waals surface area contributed by atoms with Gasteiger partial charge in [0.1, 0.15) is 11.8 Å². The molecule has 1 N–H and O–H groups in total. The number of carbonyl (C=O) groups excluding carboxylic acids is 2. The fraction of sp³-hybridized carbons (Fsp3) is 0.296. The molecule has 0 unspecified atom stereocenters. The normalized spacial score (nSPS) is 11.5. The quantitative estimate of drug-likeness (QED) is 0.481. The molecule has 1 heterocycles. The predicted octanol–water partition coefficient (Wildman–Crippen LogP) is 4.15. The average Bonchev–Trinajstić information content (AvgIpc) is 2.86. The third kappa shape index (κ3) is 7.17. The summed E-state index contributed by atoms with van der Waals surface area (Å²) in [5.74, 6) is 0.534. The average molecular weight is 446 g/mol. The number of rotatable bonds is 11. The third-order valence-electron chi connectivity index (χ3n) is 5.44. The largest absolute Gasteiger partial charge is 0.497 e. The van der Waals surface area contributed by atoms with Crippen LogP contribution in [-0.2, 0) is 29.1 Å². The summed E-state index contributed by atoms with van der Waals surface area (Å²) in [5, 5.41) is 3.01. The van der Waals surface area contributed by atoms with Gasteiger partial charge in [0.05, 0.1) is 7.11 Å². The Bertz CT molecular complexity index is 1010. The van der Waals surface area contributed by atoms with E-state index >= 15 is 0 Å². The standard InChI is InChI=1S/C27H31N3O3/c1-3-8-26(31)30(20-22-12-14-24(33-2)15-13-22)25(17-21-9-5-4-6-10-21)27(32)29-19-23-11-7-16-28-18-23/h4-7,9-16,18,25H,3,8,17,19-20H2,1-2H3,(H,29,32)/t25-/m1/s1. The minimum Gasteiger partial charge on any atom is -0.497 e. The van der Waals surface area contributed by atoms with Crippen LogP contribution in [0.5, 0.6) is 5.75 Å². The first-order chi connectivity index (χ1) is 16.1. The summed E-state index contributed by atoms with van der Waals surface area (Å²) in [6.07, 6.45) is 4.96. The van der Waals surface area contributed by atoms with E-state index in [2.05, 4.69) is 10.3 Å². The number of methoxy groups -OCH3 is 1. The molecular weight excluding hydrogens is 414 g/mol. The molecule has 0 aliphatic heterocycles. The Morgan fingerprint density at radius 2 is 1.70 bits per heavy atom. The van der Waals surface area contributed by atoms with E-state index in [9.17, 15) is 9.59 Å². The van der Waals surface area contributed by atoms with E-state index in [1.807, 2.05) is 73.7 Å². The van der Waals surface area contributed by atoms with Crippen molar-refractivity contribution in [1.29, 1.82) is 0 Å². The Labute approximate surface area is 195 Å². The van der Waals surface area contributed by atoms with Crippen LogP contribution >= 0.6 is 0 Å². The first-order valence-electron chi connectivity index (χ1n) is 11.2. The van der Waals surface area contributed by atoms with Crippen LogP contribution in [0, 0.1) is 0 Å². The van der Waals surface area contributed by atoms with Gasteiger partial charge in [-0.1, -0.05) is 55.5 Å². The van der Waals surface area contributed by atoms with Crippen molar-refractivity contribution in [2.24, 2.45) is 0 Å². The number of benzene rings is 2. The van der Waals surface area contributed by atoms with Gasteiger partial charge in [-0.3, -0.25) is 14.6 Å². The maximum Gasteiger partial charge on any atom is 0.243 e. The number of ether oxygens (including phenoxy) is 1. The summed E-state index contributed by atoms with van der Waals surface area (Å²) >= 11 is 0. The van der Waals surface area contributed by atoms with E-state index in [0.717, 1.165) is 22.4 Å². The zero-order valence-electron chi connectivity index (χ0n) is 19.2. The molecule has 0 radical (unpaired) electrons. The third-order valence-corrected chi connectivity index (χ3v) is 5.44. The summed E-state index contributed by atoms with van der Waals surface area (Å²) in [5.41, 5.74) is 2.85. The van der Waals surface area contributed by atoms with Gasteiger partial charge in [-0.2, -0.15) is 0 Å². The van der Waals surface area contributed by atoms with Gasteiger partial charge < -0.3 is 15.0 Å². The van der Waals surface area contributed by atoms with Crippen molar-refractivity contribution >= 4 is 11.8 Å². The molecule has 172 valence electrons. The molecule has 2 amide bonds. The summed E-state index contributed by atoms with van der Waals surface area (Å²) < 4.78 is 5.25. The van der Waals surface area contributed by atoms with E-state index in [0.29, 0.717) is 32.4 Å². The highest BCUT2D eigenvalue weighted by Gasteiger charge is 2.29. The first-order valence-corrected chi connectivity index (χ1v) is 11.2. The van der Waals surface area contributed by atoms with Crippen LogP contribution in [0.2, 0.25) is 0 Å². The lowest BCUT2D eigenvalue weighted by atomic mass is 10.0. The van der Waals surface area contributed by atoms with Gasteiger partial charge in [0.15, 0.2) is 0 Å². The molecule has 0 fully saturated rings. The van der Waals surface area contributed by atoms with Crippen molar-refractivity contribution in [1.82, 2.24) is 15.2 Å². The molecule has 1 aromatic heterocycles. The molecular formula is C27H31N3O3. The van der Waals surface area contributed by atoms with Gasteiger partial charge in [-0.05, 0) is 41.3 Å². The van der Waals surface area contributed by atoms with Gasteiger partial charge in [0.2, 0.25) is 11.8 Å². The molecule has 0 aliphatic rings. The maximum absolute atomic E-state index is 13.4. The van der Waals surface area contributed by atoms with Crippen LogP contribution in [0.1, 0.15) is 36.5 Å². The molecule has 0 saturated heterocycles. The Hall–Kier alpha value is -3.67. The van der Waals surface area contributed by atoms with E-state index in [-0.39, 0.29) is 11.8 Å². The van der Waals surface area contributed by atoms with Crippen molar-refractivity contribution in [3.63, 3.8) is 0 Å². The van der Waals surface area contributed by atoms with E-state index in [4.69, 9.17) is 4.74 Å². The highest BCUT2D eigenvalue weighted by atomic mass is 16.5. The van der Waals surface area contributed by atoms with Crippen LogP contribution in [0.4, 0.5) is 0 Å². The summed E-state index contributed by atoms with van der Waals surface area (Å²) in [7, 11) is 1.62. The molecule has 0 aliphatic carbocycles. The number of pyridine rings is 1. The minimum atomic E-state index is -0.634. The molecule has 0 spiro atoms. The zero-order chi connectivity index (χ0) is 23.5. The lowest BCUT2D eigenvalue weighted by Crippen LogP contribution is -2.50. The highest BCUT2D eigenvalue weighted by molar-refractivity contribution is 5.88. The maximum atomic E-state index is 13.4. The monoisotopic (exact) mass is 445 g/mol. The zero-order valence-corrected chi connectivity index (χ0v) is 19.2. The number of amides is 2. The van der Waals surface area contributed by atoms with Gasteiger partial charge in [-0.25, -0.2) is 0 Å². The van der Waals surface area contributed by atoms with Gasteiger partial charge in [-0.15, -0.1) is 0 Å². The number of nitrogens with zero attached hydrogens (tertiary/aromatic N) is 2. The minimum absolute atomic E-state index is 0.0363.